The number of nitrogens with zero attached hydrogens (tertiary/aromatic N) is 1. The zero-order chi connectivity index (χ0) is 27.6. The van der Waals surface area contributed by atoms with Crippen molar-refractivity contribution in [2.75, 3.05) is 32.2 Å². The second kappa shape index (κ2) is 11.5. The number of phenols is 1. The third-order valence-electron chi connectivity index (χ3n) is 7.61. The third-order valence-corrected chi connectivity index (χ3v) is 7.61. The van der Waals surface area contributed by atoms with Gasteiger partial charge in [0.05, 0.1) is 12.7 Å². The second-order valence-electron chi connectivity index (χ2n) is 9.97. The van der Waals surface area contributed by atoms with E-state index in [4.69, 9.17) is 14.2 Å². The molecule has 6 nitrogen and oxygen atoms in total. The molecule has 0 amide bonds. The van der Waals surface area contributed by atoms with Crippen LogP contribution in [0.1, 0.15) is 47.1 Å². The average molecular weight is 544 g/mol. The van der Waals surface area contributed by atoms with Crippen molar-refractivity contribution in [1.82, 2.24) is 0 Å². The molecule has 2 aliphatic heterocycles. The molecule has 39 heavy (non-hydrogen) atoms. The Morgan fingerprint density at radius 1 is 0.923 bits per heavy atom. The first-order valence-corrected chi connectivity index (χ1v) is 13.0. The summed E-state index contributed by atoms with van der Waals surface area (Å²) in [5, 5.41) is 10.0. The van der Waals surface area contributed by atoms with Gasteiger partial charge in [-0.1, -0.05) is 30.3 Å². The van der Waals surface area contributed by atoms with Crippen LogP contribution in [0.2, 0.25) is 0 Å². The standard InChI is InChI=1S/C30H32F3NO5/c1-36-29(37-2)20-12-14-34(15-13-20)23-8-6-19(7-9-23)27-26-11-10-24(35)16-22(26)18-38-28(27)21-4-3-5-25(17-21)39-30(31,32)33/h3-11,16-17,20,27-29,35H,12-15,18H2,1-2H3/t27-,28-/m1/s1. The van der Waals surface area contributed by atoms with Crippen molar-refractivity contribution in [1.29, 1.82) is 0 Å². The number of methoxy groups -OCH3 is 2. The molecule has 3 aromatic carbocycles. The van der Waals surface area contributed by atoms with Gasteiger partial charge in [0.2, 0.25) is 0 Å². The van der Waals surface area contributed by atoms with E-state index in [1.54, 1.807) is 32.4 Å². The molecule has 1 N–H and O–H groups in total. The van der Waals surface area contributed by atoms with Gasteiger partial charge in [0.25, 0.3) is 0 Å². The lowest BCUT2D eigenvalue weighted by molar-refractivity contribution is -0.274. The van der Waals surface area contributed by atoms with E-state index in [0.717, 1.165) is 48.3 Å². The molecule has 0 aromatic heterocycles. The van der Waals surface area contributed by atoms with Crippen molar-refractivity contribution in [3.05, 3.63) is 89.0 Å². The molecule has 0 radical (unpaired) electrons. The van der Waals surface area contributed by atoms with Gasteiger partial charge in [0.1, 0.15) is 11.5 Å². The van der Waals surface area contributed by atoms with Crippen molar-refractivity contribution in [3.8, 4) is 11.5 Å². The van der Waals surface area contributed by atoms with E-state index in [9.17, 15) is 18.3 Å². The summed E-state index contributed by atoms with van der Waals surface area (Å²) in [7, 11) is 3.33. The van der Waals surface area contributed by atoms with Crippen molar-refractivity contribution in [2.45, 2.75) is 44.1 Å². The number of benzene rings is 3. The van der Waals surface area contributed by atoms with Gasteiger partial charge in [-0.15, -0.1) is 13.2 Å². The summed E-state index contributed by atoms with van der Waals surface area (Å²) in [5.74, 6) is -0.0973. The Bertz CT molecular complexity index is 1250. The number of fused-ring (bicyclic) bond motifs is 1. The smallest absolute Gasteiger partial charge is 0.508 e. The molecule has 0 unspecified atom stereocenters. The average Bonchev–Trinajstić information content (AvgIpc) is 2.93. The van der Waals surface area contributed by atoms with Crippen LogP contribution in [0.4, 0.5) is 18.9 Å². The number of rotatable bonds is 7. The highest BCUT2D eigenvalue weighted by molar-refractivity contribution is 5.52. The Kier molecular flexibility index (Phi) is 8.02. The van der Waals surface area contributed by atoms with E-state index >= 15 is 0 Å². The first-order chi connectivity index (χ1) is 18.8. The zero-order valence-corrected chi connectivity index (χ0v) is 21.9. The highest BCUT2D eigenvalue weighted by Crippen LogP contribution is 2.46. The summed E-state index contributed by atoms with van der Waals surface area (Å²) in [6, 6.07) is 19.4. The van der Waals surface area contributed by atoms with Crippen molar-refractivity contribution < 1.29 is 37.2 Å². The number of alkyl halides is 3. The van der Waals surface area contributed by atoms with Crippen LogP contribution in [0, 0.1) is 5.92 Å². The first kappa shape index (κ1) is 27.3. The minimum atomic E-state index is -4.78. The maximum atomic E-state index is 12.9. The van der Waals surface area contributed by atoms with E-state index in [1.165, 1.54) is 18.2 Å². The fourth-order valence-corrected chi connectivity index (χ4v) is 5.79. The first-order valence-electron chi connectivity index (χ1n) is 13.0. The third kappa shape index (κ3) is 6.16. The Balaban J connectivity index is 1.42. The Labute approximate surface area is 225 Å². The number of piperidine rings is 1. The molecular formula is C30H32F3NO5. The molecule has 3 aromatic rings. The summed E-state index contributed by atoms with van der Waals surface area (Å²) in [4.78, 5) is 2.33. The molecular weight excluding hydrogens is 511 g/mol. The molecule has 0 spiro atoms. The van der Waals surface area contributed by atoms with Crippen molar-refractivity contribution in [3.63, 3.8) is 0 Å². The molecule has 2 atom stereocenters. The van der Waals surface area contributed by atoms with E-state index in [0.29, 0.717) is 11.5 Å². The number of anilines is 1. The predicted molar refractivity (Wildman–Crippen MR) is 140 cm³/mol. The molecule has 5 rings (SSSR count). The summed E-state index contributed by atoms with van der Waals surface area (Å²) in [6.07, 6.45) is -3.61. The van der Waals surface area contributed by atoms with Gasteiger partial charge in [0.15, 0.2) is 6.29 Å². The Morgan fingerprint density at radius 2 is 1.64 bits per heavy atom. The van der Waals surface area contributed by atoms with Gasteiger partial charge in [0, 0.05) is 44.8 Å². The Hall–Kier alpha value is -3.27. The summed E-state index contributed by atoms with van der Waals surface area (Å²) < 4.78 is 59.9. The molecule has 9 heteroatoms. The van der Waals surface area contributed by atoms with Crippen LogP contribution in [-0.4, -0.2) is 45.1 Å². The molecule has 2 aliphatic rings. The summed E-state index contributed by atoms with van der Waals surface area (Å²) in [5.41, 5.74) is 4.45. The normalized spacial score (nSPS) is 20.2. The summed E-state index contributed by atoms with van der Waals surface area (Å²) in [6.45, 7) is 2.00. The maximum absolute atomic E-state index is 12.9. The highest BCUT2D eigenvalue weighted by Gasteiger charge is 2.35. The van der Waals surface area contributed by atoms with Gasteiger partial charge in [-0.05, 0) is 71.5 Å². The molecule has 2 heterocycles. The van der Waals surface area contributed by atoms with E-state index in [2.05, 4.69) is 21.8 Å². The molecule has 0 bridgehead atoms. The maximum Gasteiger partial charge on any atom is 0.573 e. The molecule has 1 fully saturated rings. The quantitative estimate of drug-likeness (QED) is 0.342. The lowest BCUT2D eigenvalue weighted by Crippen LogP contribution is -2.39. The number of halogens is 3. The van der Waals surface area contributed by atoms with Crippen LogP contribution in [0.3, 0.4) is 0 Å². The number of hydrogen-bond acceptors (Lipinski definition) is 6. The minimum absolute atomic E-state index is 0.137. The fraction of sp³-hybridized carbons (Fsp3) is 0.400. The topological polar surface area (TPSA) is 60.4 Å². The summed E-state index contributed by atoms with van der Waals surface area (Å²) >= 11 is 0. The van der Waals surface area contributed by atoms with Crippen LogP contribution in [0.5, 0.6) is 11.5 Å². The lowest BCUT2D eigenvalue weighted by Gasteiger charge is -2.37. The number of hydrogen-bond donors (Lipinski definition) is 1. The van der Waals surface area contributed by atoms with Gasteiger partial charge in [-0.25, -0.2) is 0 Å². The van der Waals surface area contributed by atoms with Gasteiger partial charge in [-0.2, -0.15) is 0 Å². The SMILES string of the molecule is COC(OC)C1CCN(c2ccc([C@@H]3c4ccc(O)cc4CO[C@@H]3c3cccc(OC(F)(F)F)c3)cc2)CC1. The molecule has 1 saturated heterocycles. The number of ether oxygens (including phenoxy) is 4. The van der Waals surface area contributed by atoms with Gasteiger partial charge < -0.3 is 29.0 Å². The van der Waals surface area contributed by atoms with Crippen LogP contribution in [0.25, 0.3) is 0 Å². The van der Waals surface area contributed by atoms with E-state index in [1.807, 2.05) is 18.2 Å². The fourth-order valence-electron chi connectivity index (χ4n) is 5.79. The predicted octanol–water partition coefficient (Wildman–Crippen LogP) is 6.53. The van der Waals surface area contributed by atoms with Crippen LogP contribution in [0.15, 0.2) is 66.7 Å². The number of aromatic hydroxyl groups is 1. The van der Waals surface area contributed by atoms with E-state index < -0.39 is 12.5 Å². The molecule has 0 aliphatic carbocycles. The Morgan fingerprint density at radius 3 is 2.31 bits per heavy atom. The van der Waals surface area contributed by atoms with E-state index in [-0.39, 0.29) is 30.3 Å². The van der Waals surface area contributed by atoms with Crippen LogP contribution in [-0.2, 0) is 20.8 Å². The zero-order valence-electron chi connectivity index (χ0n) is 21.9. The monoisotopic (exact) mass is 543 g/mol. The van der Waals surface area contributed by atoms with Gasteiger partial charge >= 0.3 is 6.36 Å². The molecule has 208 valence electrons. The lowest BCUT2D eigenvalue weighted by atomic mass is 9.79. The van der Waals surface area contributed by atoms with Gasteiger partial charge in [-0.3, -0.25) is 0 Å². The van der Waals surface area contributed by atoms with Crippen molar-refractivity contribution in [2.24, 2.45) is 5.92 Å². The second-order valence-corrected chi connectivity index (χ2v) is 9.97. The highest BCUT2D eigenvalue weighted by atomic mass is 19.4. The van der Waals surface area contributed by atoms with Crippen LogP contribution < -0.4 is 9.64 Å². The number of phenolic OH excluding ortho intramolecular Hbond substituents is 1. The van der Waals surface area contributed by atoms with Crippen molar-refractivity contribution >= 4 is 5.69 Å². The minimum Gasteiger partial charge on any atom is -0.508 e. The molecule has 0 saturated carbocycles. The largest absolute Gasteiger partial charge is 0.573 e. The van der Waals surface area contributed by atoms with Crippen LogP contribution >= 0.6 is 0 Å².